The molecule has 0 aromatic rings. The monoisotopic (exact) mass is 158 g/mol. The molecule has 11 heavy (non-hydrogen) atoms. The Balaban J connectivity index is 2.46. The average Bonchev–Trinajstić information content (AvgIpc) is 2.13. The minimum Gasteiger partial charge on any atom is -0.356 e. The van der Waals surface area contributed by atoms with Crippen molar-refractivity contribution in [3.8, 4) is 0 Å². The zero-order valence-corrected chi connectivity index (χ0v) is 6.08. The van der Waals surface area contributed by atoms with Crippen LogP contribution >= 0.6 is 0 Å². The molecule has 0 aliphatic carbocycles. The molecule has 0 spiro atoms. The largest absolute Gasteiger partial charge is 0.356 e. The van der Waals surface area contributed by atoms with Gasteiger partial charge in [-0.15, -0.1) is 0 Å². The van der Waals surface area contributed by atoms with E-state index < -0.39 is 6.04 Å². The predicted molar refractivity (Wildman–Crippen MR) is 37.6 cm³/mol. The van der Waals surface area contributed by atoms with Gasteiger partial charge in [-0.25, -0.2) is 0 Å². The highest BCUT2D eigenvalue weighted by Gasteiger charge is 2.23. The molecule has 1 amide bonds. The summed E-state index contributed by atoms with van der Waals surface area (Å²) in [5.41, 5.74) is 0. The first-order valence-corrected chi connectivity index (χ1v) is 3.60. The molecule has 0 bridgehead atoms. The highest BCUT2D eigenvalue weighted by Crippen LogP contribution is 2.08. The molecule has 1 unspecified atom stereocenters. The maximum Gasteiger partial charge on any atom is 0.220 e. The molecule has 0 aromatic heterocycles. The maximum atomic E-state index is 10.7. The second-order valence-electron chi connectivity index (χ2n) is 2.62. The predicted octanol–water partition coefficient (Wildman–Crippen LogP) is -0.0682. The number of nitro groups is 1. The van der Waals surface area contributed by atoms with Gasteiger partial charge in [0.15, 0.2) is 0 Å². The van der Waals surface area contributed by atoms with Crippen LogP contribution in [0.25, 0.3) is 0 Å². The van der Waals surface area contributed by atoms with Gasteiger partial charge in [0, 0.05) is 30.7 Å². The number of rotatable bonds is 1. The van der Waals surface area contributed by atoms with E-state index in [9.17, 15) is 14.9 Å². The van der Waals surface area contributed by atoms with E-state index in [4.69, 9.17) is 0 Å². The standard InChI is InChI=1S/C6H10N2O3/c9-6-2-1-5(8(10)11)3-4-7-6/h5H,1-4H2,(H,7,9). The minimum absolute atomic E-state index is 0.0747. The zero-order valence-electron chi connectivity index (χ0n) is 6.08. The van der Waals surface area contributed by atoms with Crippen LogP contribution in [-0.4, -0.2) is 23.4 Å². The summed E-state index contributed by atoms with van der Waals surface area (Å²) in [6, 6.07) is -0.533. The van der Waals surface area contributed by atoms with Crippen LogP contribution in [0.3, 0.4) is 0 Å². The summed E-state index contributed by atoms with van der Waals surface area (Å²) in [7, 11) is 0. The molecule has 1 aliphatic heterocycles. The topological polar surface area (TPSA) is 72.2 Å². The lowest BCUT2D eigenvalue weighted by molar-refractivity contribution is -0.523. The van der Waals surface area contributed by atoms with Crippen molar-refractivity contribution in [2.75, 3.05) is 6.54 Å². The molecule has 5 nitrogen and oxygen atoms in total. The second kappa shape index (κ2) is 3.32. The summed E-state index contributed by atoms with van der Waals surface area (Å²) in [6.07, 6.45) is 1.11. The number of hydrogen-bond donors (Lipinski definition) is 1. The lowest BCUT2D eigenvalue weighted by Crippen LogP contribution is -2.23. The molecule has 1 saturated heterocycles. The third kappa shape index (κ3) is 2.18. The first kappa shape index (κ1) is 7.97. The smallest absolute Gasteiger partial charge is 0.220 e. The number of nitrogens with zero attached hydrogens (tertiary/aromatic N) is 1. The van der Waals surface area contributed by atoms with Gasteiger partial charge >= 0.3 is 0 Å². The summed E-state index contributed by atoms with van der Waals surface area (Å²) >= 11 is 0. The summed E-state index contributed by atoms with van der Waals surface area (Å²) in [5, 5.41) is 12.9. The van der Waals surface area contributed by atoms with Crippen molar-refractivity contribution in [2.45, 2.75) is 25.3 Å². The van der Waals surface area contributed by atoms with Gasteiger partial charge in [-0.3, -0.25) is 14.9 Å². The Morgan fingerprint density at radius 1 is 1.55 bits per heavy atom. The fraction of sp³-hybridized carbons (Fsp3) is 0.833. The number of nitrogens with one attached hydrogen (secondary N) is 1. The lowest BCUT2D eigenvalue weighted by Gasteiger charge is -2.01. The van der Waals surface area contributed by atoms with Gasteiger partial charge in [0.2, 0.25) is 11.9 Å². The number of hydrogen-bond acceptors (Lipinski definition) is 3. The molecular formula is C6H10N2O3. The van der Waals surface area contributed by atoms with Crippen LogP contribution < -0.4 is 5.32 Å². The Labute approximate surface area is 63.9 Å². The Kier molecular flexibility index (Phi) is 2.40. The first-order valence-electron chi connectivity index (χ1n) is 3.60. The summed E-state index contributed by atoms with van der Waals surface area (Å²) in [4.78, 5) is 20.7. The number of amides is 1. The molecule has 1 atom stereocenters. The van der Waals surface area contributed by atoms with Crippen molar-refractivity contribution in [3.05, 3.63) is 10.1 Å². The van der Waals surface area contributed by atoms with Crippen molar-refractivity contribution < 1.29 is 9.72 Å². The Morgan fingerprint density at radius 2 is 2.27 bits per heavy atom. The fourth-order valence-corrected chi connectivity index (χ4v) is 1.12. The van der Waals surface area contributed by atoms with Crippen molar-refractivity contribution in [1.29, 1.82) is 0 Å². The van der Waals surface area contributed by atoms with Crippen molar-refractivity contribution >= 4 is 5.91 Å². The number of carbonyl (C=O) groups excluding carboxylic acids is 1. The van der Waals surface area contributed by atoms with Crippen LogP contribution in [-0.2, 0) is 4.79 Å². The number of carbonyl (C=O) groups is 1. The maximum absolute atomic E-state index is 10.7. The van der Waals surface area contributed by atoms with Gasteiger partial charge in [-0.05, 0) is 0 Å². The van der Waals surface area contributed by atoms with Crippen LogP contribution in [0, 0.1) is 10.1 Å². The van der Waals surface area contributed by atoms with E-state index in [1.807, 2.05) is 0 Å². The van der Waals surface area contributed by atoms with E-state index in [0.29, 0.717) is 19.4 Å². The Morgan fingerprint density at radius 3 is 2.91 bits per heavy atom. The Bertz CT molecular complexity index is 181. The van der Waals surface area contributed by atoms with Gasteiger partial charge in [0.25, 0.3) is 0 Å². The first-order chi connectivity index (χ1) is 5.20. The van der Waals surface area contributed by atoms with Crippen LogP contribution in [0.5, 0.6) is 0 Å². The molecule has 5 heteroatoms. The summed E-state index contributed by atoms with van der Waals surface area (Å²) in [5.74, 6) is -0.0747. The average molecular weight is 158 g/mol. The molecule has 0 aromatic carbocycles. The third-order valence-electron chi connectivity index (χ3n) is 1.80. The van der Waals surface area contributed by atoms with Crippen LogP contribution in [0.2, 0.25) is 0 Å². The SMILES string of the molecule is O=C1CCC([N+](=O)[O-])CCN1. The molecule has 62 valence electrons. The van der Waals surface area contributed by atoms with Crippen LogP contribution in [0.1, 0.15) is 19.3 Å². The molecular weight excluding hydrogens is 148 g/mol. The molecule has 1 N–H and O–H groups in total. The van der Waals surface area contributed by atoms with Gasteiger partial charge in [0.1, 0.15) is 0 Å². The second-order valence-corrected chi connectivity index (χ2v) is 2.62. The zero-order chi connectivity index (χ0) is 8.27. The molecule has 0 radical (unpaired) electrons. The van der Waals surface area contributed by atoms with E-state index in [2.05, 4.69) is 5.32 Å². The lowest BCUT2D eigenvalue weighted by atomic mass is 10.1. The molecule has 1 fully saturated rings. The van der Waals surface area contributed by atoms with E-state index in [0.717, 1.165) is 0 Å². The Hall–Kier alpha value is -1.13. The van der Waals surface area contributed by atoms with E-state index in [1.54, 1.807) is 0 Å². The van der Waals surface area contributed by atoms with Crippen molar-refractivity contribution in [3.63, 3.8) is 0 Å². The van der Waals surface area contributed by atoms with Crippen molar-refractivity contribution in [2.24, 2.45) is 0 Å². The molecule has 1 rings (SSSR count). The van der Waals surface area contributed by atoms with E-state index >= 15 is 0 Å². The summed E-state index contributed by atoms with van der Waals surface area (Å²) in [6.45, 7) is 0.435. The van der Waals surface area contributed by atoms with E-state index in [-0.39, 0.29) is 17.3 Å². The van der Waals surface area contributed by atoms with Crippen LogP contribution in [0.4, 0.5) is 0 Å². The fourth-order valence-electron chi connectivity index (χ4n) is 1.12. The van der Waals surface area contributed by atoms with Gasteiger partial charge in [0.05, 0.1) is 0 Å². The van der Waals surface area contributed by atoms with Gasteiger partial charge in [-0.1, -0.05) is 0 Å². The van der Waals surface area contributed by atoms with E-state index in [1.165, 1.54) is 0 Å². The quantitative estimate of drug-likeness (QED) is 0.429. The van der Waals surface area contributed by atoms with Gasteiger partial charge in [-0.2, -0.15) is 0 Å². The normalized spacial score (nSPS) is 25.5. The summed E-state index contributed by atoms with van der Waals surface area (Å²) < 4.78 is 0. The molecule has 1 aliphatic rings. The third-order valence-corrected chi connectivity index (χ3v) is 1.80. The minimum atomic E-state index is -0.533. The van der Waals surface area contributed by atoms with Crippen LogP contribution in [0.15, 0.2) is 0 Å². The highest BCUT2D eigenvalue weighted by atomic mass is 16.6. The molecule has 0 saturated carbocycles. The van der Waals surface area contributed by atoms with Crippen molar-refractivity contribution in [1.82, 2.24) is 5.32 Å². The molecule has 1 heterocycles. The van der Waals surface area contributed by atoms with Gasteiger partial charge < -0.3 is 5.32 Å². The highest BCUT2D eigenvalue weighted by molar-refractivity contribution is 5.76.